The largest absolute Gasteiger partial charge is 0.481 e. The monoisotopic (exact) mass is 288 g/mol. The number of hydrogen-bond acceptors (Lipinski definition) is 3. The Bertz CT molecular complexity index is 572. The first-order chi connectivity index (χ1) is 10.1. The van der Waals surface area contributed by atoms with Crippen LogP contribution >= 0.6 is 0 Å². The van der Waals surface area contributed by atoms with Crippen molar-refractivity contribution >= 4 is 17.6 Å². The third-order valence-corrected chi connectivity index (χ3v) is 4.65. The fourth-order valence-electron chi connectivity index (χ4n) is 3.47. The number of para-hydroxylation sites is 1. The van der Waals surface area contributed by atoms with E-state index in [2.05, 4.69) is 0 Å². The summed E-state index contributed by atoms with van der Waals surface area (Å²) in [5.41, 5.74) is 7.81. The molecular formula is C16H20N2O3. The molecule has 1 aromatic carbocycles. The summed E-state index contributed by atoms with van der Waals surface area (Å²) in [5.74, 6) is -1.58. The summed E-state index contributed by atoms with van der Waals surface area (Å²) >= 11 is 0. The highest BCUT2D eigenvalue weighted by atomic mass is 16.4. The van der Waals surface area contributed by atoms with E-state index < -0.39 is 11.9 Å². The molecular weight excluding hydrogens is 268 g/mol. The number of aliphatic carboxylic acids is 1. The highest BCUT2D eigenvalue weighted by molar-refractivity contribution is 5.97. The van der Waals surface area contributed by atoms with Gasteiger partial charge in [-0.1, -0.05) is 24.6 Å². The van der Waals surface area contributed by atoms with Crippen LogP contribution in [-0.4, -0.2) is 29.6 Å². The van der Waals surface area contributed by atoms with Gasteiger partial charge >= 0.3 is 5.97 Å². The molecule has 1 amide bonds. The molecule has 0 bridgehead atoms. The lowest BCUT2D eigenvalue weighted by Gasteiger charge is -2.35. The van der Waals surface area contributed by atoms with Crippen LogP contribution in [0.15, 0.2) is 24.3 Å². The Morgan fingerprint density at radius 3 is 2.67 bits per heavy atom. The number of benzene rings is 1. The molecule has 1 aliphatic carbocycles. The van der Waals surface area contributed by atoms with Crippen LogP contribution < -0.4 is 10.6 Å². The summed E-state index contributed by atoms with van der Waals surface area (Å²) in [7, 11) is 0. The lowest BCUT2D eigenvalue weighted by Crippen LogP contribution is -2.47. The lowest BCUT2D eigenvalue weighted by atomic mass is 9.91. The summed E-state index contributed by atoms with van der Waals surface area (Å²) in [6.07, 6.45) is 3.12. The van der Waals surface area contributed by atoms with Gasteiger partial charge in [-0.2, -0.15) is 0 Å². The van der Waals surface area contributed by atoms with Crippen molar-refractivity contribution in [3.8, 4) is 0 Å². The molecule has 5 heteroatoms. The van der Waals surface area contributed by atoms with E-state index in [9.17, 15) is 14.7 Å². The van der Waals surface area contributed by atoms with Gasteiger partial charge in [0.25, 0.3) is 0 Å². The molecule has 21 heavy (non-hydrogen) atoms. The van der Waals surface area contributed by atoms with Gasteiger partial charge in [0.05, 0.1) is 11.8 Å². The SMILES string of the molecule is NC1CCCC1C(=O)N1CC(C(=O)O)Cc2ccccc21. The van der Waals surface area contributed by atoms with Crippen molar-refractivity contribution in [3.63, 3.8) is 0 Å². The number of carboxylic acid groups (broad SMARTS) is 1. The molecule has 1 fully saturated rings. The van der Waals surface area contributed by atoms with E-state index in [-0.39, 0.29) is 24.4 Å². The number of carbonyl (C=O) groups is 2. The van der Waals surface area contributed by atoms with E-state index >= 15 is 0 Å². The maximum absolute atomic E-state index is 12.8. The number of rotatable bonds is 2. The van der Waals surface area contributed by atoms with Crippen molar-refractivity contribution in [2.24, 2.45) is 17.6 Å². The van der Waals surface area contributed by atoms with Crippen molar-refractivity contribution in [2.45, 2.75) is 31.7 Å². The fraction of sp³-hybridized carbons (Fsp3) is 0.500. The molecule has 5 nitrogen and oxygen atoms in total. The second-order valence-corrected chi connectivity index (χ2v) is 6.02. The van der Waals surface area contributed by atoms with Crippen molar-refractivity contribution in [2.75, 3.05) is 11.4 Å². The number of amides is 1. The minimum atomic E-state index is -0.849. The first-order valence-corrected chi connectivity index (χ1v) is 7.45. The van der Waals surface area contributed by atoms with Gasteiger partial charge in [0, 0.05) is 18.3 Å². The van der Waals surface area contributed by atoms with Crippen LogP contribution in [0, 0.1) is 11.8 Å². The first-order valence-electron chi connectivity index (χ1n) is 7.45. The molecule has 3 rings (SSSR count). The Balaban J connectivity index is 1.92. The number of anilines is 1. The molecule has 1 heterocycles. The van der Waals surface area contributed by atoms with Gasteiger partial charge in [-0.3, -0.25) is 9.59 Å². The molecule has 0 spiro atoms. The summed E-state index contributed by atoms with van der Waals surface area (Å²) in [6.45, 7) is 0.244. The van der Waals surface area contributed by atoms with E-state index in [4.69, 9.17) is 5.73 Å². The van der Waals surface area contributed by atoms with Crippen LogP contribution in [-0.2, 0) is 16.0 Å². The van der Waals surface area contributed by atoms with Gasteiger partial charge < -0.3 is 15.7 Å². The molecule has 3 unspecified atom stereocenters. The van der Waals surface area contributed by atoms with Crippen LogP contribution in [0.2, 0.25) is 0 Å². The van der Waals surface area contributed by atoms with E-state index in [1.54, 1.807) is 4.90 Å². The zero-order valence-corrected chi connectivity index (χ0v) is 11.9. The van der Waals surface area contributed by atoms with Gasteiger partial charge in [0.15, 0.2) is 0 Å². The maximum Gasteiger partial charge on any atom is 0.308 e. The number of fused-ring (bicyclic) bond motifs is 1. The lowest BCUT2D eigenvalue weighted by molar-refractivity contribution is -0.141. The Labute approximate surface area is 123 Å². The van der Waals surface area contributed by atoms with E-state index in [1.165, 1.54) is 0 Å². The van der Waals surface area contributed by atoms with Gasteiger partial charge in [-0.15, -0.1) is 0 Å². The van der Waals surface area contributed by atoms with Gasteiger partial charge in [-0.25, -0.2) is 0 Å². The summed E-state index contributed by atoms with van der Waals surface area (Å²) < 4.78 is 0. The quantitative estimate of drug-likeness (QED) is 0.861. The summed E-state index contributed by atoms with van der Waals surface area (Å²) in [6, 6.07) is 7.46. The third-order valence-electron chi connectivity index (χ3n) is 4.65. The average molecular weight is 288 g/mol. The zero-order chi connectivity index (χ0) is 15.0. The van der Waals surface area contributed by atoms with Crippen molar-refractivity contribution in [3.05, 3.63) is 29.8 Å². The van der Waals surface area contributed by atoms with Crippen LogP contribution in [0.1, 0.15) is 24.8 Å². The van der Waals surface area contributed by atoms with E-state index in [0.717, 1.165) is 30.5 Å². The molecule has 3 N–H and O–H groups in total. The van der Waals surface area contributed by atoms with Crippen LogP contribution in [0.4, 0.5) is 5.69 Å². The van der Waals surface area contributed by atoms with Crippen molar-refractivity contribution in [1.29, 1.82) is 0 Å². The molecule has 0 radical (unpaired) electrons. The second kappa shape index (κ2) is 5.48. The number of nitrogens with zero attached hydrogens (tertiary/aromatic N) is 1. The number of nitrogens with two attached hydrogens (primary N) is 1. The number of carbonyl (C=O) groups excluding carboxylic acids is 1. The maximum atomic E-state index is 12.8. The third kappa shape index (κ3) is 2.53. The Morgan fingerprint density at radius 2 is 2.00 bits per heavy atom. The molecule has 2 aliphatic rings. The Kier molecular flexibility index (Phi) is 3.68. The first kappa shape index (κ1) is 14.1. The van der Waals surface area contributed by atoms with Crippen molar-refractivity contribution < 1.29 is 14.7 Å². The highest BCUT2D eigenvalue weighted by Crippen LogP contribution is 2.34. The molecule has 0 saturated heterocycles. The Morgan fingerprint density at radius 1 is 1.24 bits per heavy atom. The Hall–Kier alpha value is -1.88. The molecule has 3 atom stereocenters. The summed E-state index contributed by atoms with van der Waals surface area (Å²) in [5, 5.41) is 9.32. The minimum absolute atomic E-state index is 0.0154. The zero-order valence-electron chi connectivity index (χ0n) is 11.9. The predicted molar refractivity (Wildman–Crippen MR) is 78.9 cm³/mol. The number of hydrogen-bond donors (Lipinski definition) is 2. The number of carboxylic acids is 1. The van der Waals surface area contributed by atoms with Crippen molar-refractivity contribution in [1.82, 2.24) is 0 Å². The smallest absolute Gasteiger partial charge is 0.308 e. The fourth-order valence-corrected chi connectivity index (χ4v) is 3.47. The minimum Gasteiger partial charge on any atom is -0.481 e. The average Bonchev–Trinajstić information content (AvgIpc) is 2.91. The molecule has 0 aromatic heterocycles. The van der Waals surface area contributed by atoms with E-state index in [1.807, 2.05) is 24.3 Å². The summed E-state index contributed by atoms with van der Waals surface area (Å²) in [4.78, 5) is 25.8. The van der Waals surface area contributed by atoms with Gasteiger partial charge in [-0.05, 0) is 30.9 Å². The molecule has 1 aliphatic heterocycles. The molecule has 1 saturated carbocycles. The topological polar surface area (TPSA) is 83.6 Å². The van der Waals surface area contributed by atoms with Crippen LogP contribution in [0.25, 0.3) is 0 Å². The van der Waals surface area contributed by atoms with Gasteiger partial charge in [0.2, 0.25) is 5.91 Å². The van der Waals surface area contributed by atoms with Crippen LogP contribution in [0.3, 0.4) is 0 Å². The van der Waals surface area contributed by atoms with Crippen LogP contribution in [0.5, 0.6) is 0 Å². The highest BCUT2D eigenvalue weighted by Gasteiger charge is 2.38. The molecule has 112 valence electrons. The standard InChI is InChI=1S/C16H20N2O3/c17-13-6-3-5-12(13)15(19)18-9-11(16(20)21)8-10-4-1-2-7-14(10)18/h1-2,4,7,11-13H,3,5-6,8-9,17H2,(H,20,21). The normalized spacial score (nSPS) is 28.2. The van der Waals surface area contributed by atoms with E-state index in [0.29, 0.717) is 6.42 Å². The van der Waals surface area contributed by atoms with Gasteiger partial charge in [0.1, 0.15) is 0 Å². The predicted octanol–water partition coefficient (Wildman–Crippen LogP) is 1.40. The molecule has 1 aromatic rings. The second-order valence-electron chi connectivity index (χ2n) is 6.02.